The lowest BCUT2D eigenvalue weighted by atomic mass is 10.3. The molecule has 1 amide bonds. The van der Waals surface area contributed by atoms with Gasteiger partial charge in [0.15, 0.2) is 0 Å². The molecule has 0 atom stereocenters. The highest BCUT2D eigenvalue weighted by Gasteiger charge is 2.02. The van der Waals surface area contributed by atoms with E-state index in [1.807, 2.05) is 24.3 Å². The molecule has 2 rings (SSSR count). The number of hydrogen-bond donors (Lipinski definition) is 1. The van der Waals surface area contributed by atoms with E-state index in [0.717, 1.165) is 11.5 Å². The summed E-state index contributed by atoms with van der Waals surface area (Å²) >= 11 is 0. The zero-order valence-corrected chi connectivity index (χ0v) is 11.0. The van der Waals surface area contributed by atoms with Crippen LogP contribution in [0.25, 0.3) is 6.08 Å². The topological polar surface area (TPSA) is 74.7 Å². The summed E-state index contributed by atoms with van der Waals surface area (Å²) < 4.78 is 16.1. The molecule has 20 heavy (non-hydrogen) atoms. The van der Waals surface area contributed by atoms with Crippen molar-refractivity contribution in [1.82, 2.24) is 0 Å². The van der Waals surface area contributed by atoms with E-state index in [-0.39, 0.29) is 0 Å². The highest BCUT2D eigenvalue weighted by Crippen LogP contribution is 2.19. The third kappa shape index (κ3) is 3.91. The summed E-state index contributed by atoms with van der Waals surface area (Å²) in [7, 11) is 1.61. The molecule has 0 aliphatic rings. The average Bonchev–Trinajstić information content (AvgIpc) is 2.91. The van der Waals surface area contributed by atoms with Gasteiger partial charge in [-0.3, -0.25) is 4.79 Å². The molecule has 5 nitrogen and oxygen atoms in total. The molecule has 0 unspecified atom stereocenters. The smallest absolute Gasteiger partial charge is 0.241 e. The minimum atomic E-state index is -0.516. The summed E-state index contributed by atoms with van der Waals surface area (Å²) in [5.41, 5.74) is 5.00. The van der Waals surface area contributed by atoms with Crippen molar-refractivity contribution in [3.63, 3.8) is 0 Å². The number of amides is 1. The number of carbonyl (C=O) groups is 1. The van der Waals surface area contributed by atoms with Crippen LogP contribution in [0, 0.1) is 0 Å². The maximum atomic E-state index is 10.6. The highest BCUT2D eigenvalue weighted by molar-refractivity contribution is 5.89. The Kier molecular flexibility index (Phi) is 4.44. The van der Waals surface area contributed by atoms with Crippen molar-refractivity contribution in [2.75, 3.05) is 7.11 Å². The van der Waals surface area contributed by atoms with Gasteiger partial charge in [-0.05, 0) is 42.5 Å². The fourth-order valence-corrected chi connectivity index (χ4v) is 1.55. The zero-order valence-electron chi connectivity index (χ0n) is 11.0. The van der Waals surface area contributed by atoms with Crippen LogP contribution in [0.4, 0.5) is 0 Å². The third-order valence-electron chi connectivity index (χ3n) is 2.53. The van der Waals surface area contributed by atoms with Gasteiger partial charge in [0, 0.05) is 6.08 Å². The van der Waals surface area contributed by atoms with Crippen LogP contribution in [0.5, 0.6) is 11.5 Å². The van der Waals surface area contributed by atoms with E-state index in [4.69, 9.17) is 19.6 Å². The summed E-state index contributed by atoms with van der Waals surface area (Å²) in [6, 6.07) is 10.8. The first kappa shape index (κ1) is 13.7. The molecule has 0 radical (unpaired) electrons. The number of hydrogen-bond acceptors (Lipinski definition) is 4. The lowest BCUT2D eigenvalue weighted by molar-refractivity contribution is -0.113. The minimum Gasteiger partial charge on any atom is -0.497 e. The Morgan fingerprint density at radius 1 is 1.20 bits per heavy atom. The molecule has 2 N–H and O–H groups in total. The van der Waals surface area contributed by atoms with Gasteiger partial charge in [0.2, 0.25) is 5.91 Å². The molecule has 0 bridgehead atoms. The molecular weight excluding hydrogens is 258 g/mol. The fraction of sp³-hybridized carbons (Fsp3) is 0.133. The van der Waals surface area contributed by atoms with E-state index in [2.05, 4.69) is 0 Å². The summed E-state index contributed by atoms with van der Waals surface area (Å²) in [5, 5.41) is 0. The van der Waals surface area contributed by atoms with Crippen LogP contribution < -0.4 is 15.2 Å². The van der Waals surface area contributed by atoms with Gasteiger partial charge < -0.3 is 19.6 Å². The van der Waals surface area contributed by atoms with E-state index in [9.17, 15) is 4.79 Å². The lowest BCUT2D eigenvalue weighted by Crippen LogP contribution is -2.04. The summed E-state index contributed by atoms with van der Waals surface area (Å²) in [5.74, 6) is 2.19. The molecule has 2 aromatic rings. The SMILES string of the molecule is COc1ccc(OCc2ccc(/C=C\C(N)=O)o2)cc1. The first-order valence-electron chi connectivity index (χ1n) is 6.00. The van der Waals surface area contributed by atoms with E-state index >= 15 is 0 Å². The van der Waals surface area contributed by atoms with Crippen molar-refractivity contribution in [3.05, 3.63) is 54.0 Å². The van der Waals surface area contributed by atoms with Gasteiger partial charge in [-0.15, -0.1) is 0 Å². The average molecular weight is 273 g/mol. The van der Waals surface area contributed by atoms with Gasteiger partial charge in [-0.2, -0.15) is 0 Å². The second-order valence-corrected chi connectivity index (χ2v) is 4.00. The van der Waals surface area contributed by atoms with Gasteiger partial charge in [0.05, 0.1) is 7.11 Å². The maximum Gasteiger partial charge on any atom is 0.241 e. The number of methoxy groups -OCH3 is 1. The Morgan fingerprint density at radius 2 is 1.90 bits per heavy atom. The summed E-state index contributed by atoms with van der Waals surface area (Å²) in [4.78, 5) is 10.6. The predicted molar refractivity (Wildman–Crippen MR) is 74.3 cm³/mol. The first-order valence-corrected chi connectivity index (χ1v) is 6.00. The molecule has 0 spiro atoms. The van der Waals surface area contributed by atoms with Gasteiger partial charge in [-0.1, -0.05) is 0 Å². The summed E-state index contributed by atoms with van der Waals surface area (Å²) in [6.07, 6.45) is 2.76. The molecule has 1 aromatic heterocycles. The quantitative estimate of drug-likeness (QED) is 0.820. The molecule has 0 aliphatic carbocycles. The van der Waals surface area contributed by atoms with Crippen molar-refractivity contribution in [2.45, 2.75) is 6.61 Å². The monoisotopic (exact) mass is 273 g/mol. The zero-order chi connectivity index (χ0) is 14.4. The molecule has 5 heteroatoms. The number of nitrogens with two attached hydrogens (primary N) is 1. The Hall–Kier alpha value is -2.69. The lowest BCUT2D eigenvalue weighted by Gasteiger charge is -2.05. The molecule has 1 heterocycles. The normalized spacial score (nSPS) is 10.7. The van der Waals surface area contributed by atoms with Crippen LogP contribution in [0.15, 0.2) is 46.9 Å². The molecule has 0 saturated carbocycles. The van der Waals surface area contributed by atoms with E-state index < -0.39 is 5.91 Å². The van der Waals surface area contributed by atoms with Gasteiger partial charge in [0.1, 0.15) is 29.6 Å². The molecule has 104 valence electrons. The van der Waals surface area contributed by atoms with Gasteiger partial charge >= 0.3 is 0 Å². The number of primary amides is 1. The highest BCUT2D eigenvalue weighted by atomic mass is 16.5. The number of carbonyl (C=O) groups excluding carboxylic acids is 1. The molecule has 0 aliphatic heterocycles. The Balaban J connectivity index is 1.91. The van der Waals surface area contributed by atoms with Crippen LogP contribution in [0.2, 0.25) is 0 Å². The van der Waals surface area contributed by atoms with Crippen molar-refractivity contribution >= 4 is 12.0 Å². The molecule has 0 saturated heterocycles. The summed E-state index contributed by atoms with van der Waals surface area (Å²) in [6.45, 7) is 0.302. The van der Waals surface area contributed by atoms with Crippen LogP contribution in [0.3, 0.4) is 0 Å². The molecule has 1 aromatic carbocycles. The van der Waals surface area contributed by atoms with Crippen LogP contribution in [0.1, 0.15) is 11.5 Å². The maximum absolute atomic E-state index is 10.6. The van der Waals surface area contributed by atoms with Gasteiger partial charge in [-0.25, -0.2) is 0 Å². The predicted octanol–water partition coefficient (Wildman–Crippen LogP) is 2.37. The third-order valence-corrected chi connectivity index (χ3v) is 2.53. The standard InChI is InChI=1S/C15H15NO4/c1-18-11-2-4-12(5-3-11)19-10-14-7-6-13(20-14)8-9-15(16)17/h2-9H,10H2,1H3,(H2,16,17)/b9-8-. The number of benzene rings is 1. The van der Waals surface area contributed by atoms with Crippen LogP contribution >= 0.6 is 0 Å². The van der Waals surface area contributed by atoms with E-state index in [1.165, 1.54) is 12.2 Å². The van der Waals surface area contributed by atoms with Crippen LogP contribution in [-0.2, 0) is 11.4 Å². The minimum absolute atomic E-state index is 0.302. The van der Waals surface area contributed by atoms with E-state index in [1.54, 1.807) is 19.2 Å². The molecular formula is C15H15NO4. The Morgan fingerprint density at radius 3 is 2.55 bits per heavy atom. The Labute approximate surface area is 116 Å². The number of furan rings is 1. The second-order valence-electron chi connectivity index (χ2n) is 4.00. The van der Waals surface area contributed by atoms with Gasteiger partial charge in [0.25, 0.3) is 0 Å². The largest absolute Gasteiger partial charge is 0.497 e. The Bertz CT molecular complexity index is 599. The number of rotatable bonds is 6. The molecule has 0 fully saturated rings. The van der Waals surface area contributed by atoms with E-state index in [0.29, 0.717) is 18.1 Å². The second kappa shape index (κ2) is 6.47. The van der Waals surface area contributed by atoms with Crippen molar-refractivity contribution < 1.29 is 18.7 Å². The van der Waals surface area contributed by atoms with Crippen LogP contribution in [-0.4, -0.2) is 13.0 Å². The first-order chi connectivity index (χ1) is 9.67. The fourth-order valence-electron chi connectivity index (χ4n) is 1.55. The van der Waals surface area contributed by atoms with Crippen molar-refractivity contribution in [2.24, 2.45) is 5.73 Å². The van der Waals surface area contributed by atoms with Crippen molar-refractivity contribution in [1.29, 1.82) is 0 Å². The number of ether oxygens (including phenoxy) is 2. The van der Waals surface area contributed by atoms with Crippen molar-refractivity contribution in [3.8, 4) is 11.5 Å².